The van der Waals surface area contributed by atoms with Gasteiger partial charge in [-0.05, 0) is 37.5 Å². The van der Waals surface area contributed by atoms with Gasteiger partial charge in [-0.3, -0.25) is 0 Å². The Morgan fingerprint density at radius 2 is 1.37 bits per heavy atom. The van der Waals surface area contributed by atoms with Crippen LogP contribution in [-0.2, 0) is 0 Å². The van der Waals surface area contributed by atoms with Crippen LogP contribution >= 0.6 is 15.9 Å². The molecule has 0 N–H and O–H groups in total. The first-order chi connectivity index (χ1) is 9.28. The zero-order chi connectivity index (χ0) is 13.5. The van der Waals surface area contributed by atoms with Crippen molar-refractivity contribution in [1.82, 2.24) is 0 Å². The van der Waals surface area contributed by atoms with Crippen LogP contribution in [0, 0.1) is 11.8 Å². The van der Waals surface area contributed by atoms with E-state index in [4.69, 9.17) is 0 Å². The lowest BCUT2D eigenvalue weighted by atomic mass is 9.85. The molecule has 1 aliphatic carbocycles. The number of rotatable bonds is 6. The third-order valence-electron chi connectivity index (χ3n) is 5.79. The molecule has 2 fully saturated rings. The molecule has 2 aliphatic rings. The fraction of sp³-hybridized carbons (Fsp3) is 1.00. The minimum absolute atomic E-state index is 0.219. The SMILES string of the molecule is CC[SiH]1CCC(CCCCC2CCC(Br)CC2)CC1. The number of unbranched alkanes of at least 4 members (excludes halogenated alkanes) is 1. The summed E-state index contributed by atoms with van der Waals surface area (Å²) in [6.45, 7) is 2.43. The van der Waals surface area contributed by atoms with Gasteiger partial charge in [0.05, 0.1) is 0 Å². The first-order valence-corrected chi connectivity index (χ1v) is 12.3. The highest BCUT2D eigenvalue weighted by molar-refractivity contribution is 9.09. The Labute approximate surface area is 130 Å². The van der Waals surface area contributed by atoms with Gasteiger partial charge in [0.1, 0.15) is 0 Å². The summed E-state index contributed by atoms with van der Waals surface area (Å²) < 4.78 is 0. The van der Waals surface area contributed by atoms with E-state index in [9.17, 15) is 0 Å². The third-order valence-corrected chi connectivity index (χ3v) is 10.2. The molecule has 19 heavy (non-hydrogen) atoms. The van der Waals surface area contributed by atoms with Gasteiger partial charge in [0.2, 0.25) is 0 Å². The van der Waals surface area contributed by atoms with Crippen LogP contribution < -0.4 is 0 Å². The highest BCUT2D eigenvalue weighted by Gasteiger charge is 2.21. The summed E-state index contributed by atoms with van der Waals surface area (Å²) in [5, 5.41) is 0. The fourth-order valence-corrected chi connectivity index (χ4v) is 7.72. The van der Waals surface area contributed by atoms with Gasteiger partial charge in [-0.1, -0.05) is 79.5 Å². The molecular weight excluding hydrogens is 312 g/mol. The summed E-state index contributed by atoms with van der Waals surface area (Å²) in [5.74, 6) is 2.19. The van der Waals surface area contributed by atoms with E-state index in [0.29, 0.717) is 0 Å². The first-order valence-electron chi connectivity index (χ1n) is 8.92. The molecule has 112 valence electrons. The highest BCUT2D eigenvalue weighted by Crippen LogP contribution is 2.33. The van der Waals surface area contributed by atoms with Crippen molar-refractivity contribution in [3.05, 3.63) is 0 Å². The van der Waals surface area contributed by atoms with Crippen molar-refractivity contribution in [2.24, 2.45) is 11.8 Å². The summed E-state index contributed by atoms with van der Waals surface area (Å²) >= 11 is 3.76. The molecule has 0 radical (unpaired) electrons. The lowest BCUT2D eigenvalue weighted by molar-refractivity contribution is 0.327. The van der Waals surface area contributed by atoms with E-state index < -0.39 is 0 Å². The Hall–Kier alpha value is 0.697. The summed E-state index contributed by atoms with van der Waals surface area (Å²) in [7, 11) is -0.219. The van der Waals surface area contributed by atoms with Crippen LogP contribution in [0.1, 0.15) is 71.1 Å². The van der Waals surface area contributed by atoms with Crippen LogP contribution in [0.2, 0.25) is 18.1 Å². The summed E-state index contributed by atoms with van der Waals surface area (Å²) in [5.41, 5.74) is 0. The van der Waals surface area contributed by atoms with Crippen molar-refractivity contribution >= 4 is 24.7 Å². The van der Waals surface area contributed by atoms with E-state index in [1.165, 1.54) is 44.9 Å². The van der Waals surface area contributed by atoms with E-state index in [-0.39, 0.29) is 8.80 Å². The first kappa shape index (κ1) is 16.1. The van der Waals surface area contributed by atoms with Crippen molar-refractivity contribution in [2.45, 2.75) is 94.1 Å². The Morgan fingerprint density at radius 1 is 0.842 bits per heavy atom. The number of alkyl halides is 1. The average molecular weight is 345 g/mol. The Kier molecular flexibility index (Phi) is 7.50. The zero-order valence-electron chi connectivity index (χ0n) is 12.9. The summed E-state index contributed by atoms with van der Waals surface area (Å²) in [6, 6.07) is 4.88. The van der Waals surface area contributed by atoms with Gasteiger partial charge >= 0.3 is 0 Å². The van der Waals surface area contributed by atoms with E-state index in [1.54, 1.807) is 37.4 Å². The Balaban J connectivity index is 1.48. The van der Waals surface area contributed by atoms with Crippen molar-refractivity contribution in [3.8, 4) is 0 Å². The topological polar surface area (TPSA) is 0 Å². The number of halogens is 1. The summed E-state index contributed by atoms with van der Waals surface area (Å²) in [4.78, 5) is 0.835. The van der Waals surface area contributed by atoms with Gasteiger partial charge in [0.15, 0.2) is 0 Å². The van der Waals surface area contributed by atoms with Crippen LogP contribution in [0.5, 0.6) is 0 Å². The minimum Gasteiger partial charge on any atom is -0.0891 e. The smallest absolute Gasteiger partial charge is 0.0365 e. The zero-order valence-corrected chi connectivity index (χ0v) is 15.6. The van der Waals surface area contributed by atoms with Gasteiger partial charge in [0.25, 0.3) is 0 Å². The molecule has 0 nitrogen and oxygen atoms in total. The molecule has 0 amide bonds. The molecule has 1 aliphatic heterocycles. The summed E-state index contributed by atoms with van der Waals surface area (Å²) in [6.07, 6.45) is 15.1. The molecule has 2 rings (SSSR count). The normalized spacial score (nSPS) is 36.3. The molecule has 1 heterocycles. The lowest BCUT2D eigenvalue weighted by Crippen LogP contribution is -2.20. The Bertz CT molecular complexity index is 227. The molecule has 0 aromatic rings. The van der Waals surface area contributed by atoms with Gasteiger partial charge in [0, 0.05) is 13.6 Å². The van der Waals surface area contributed by atoms with Crippen molar-refractivity contribution in [2.75, 3.05) is 0 Å². The predicted octanol–water partition coefficient (Wildman–Crippen LogP) is 6.16. The molecule has 0 aromatic carbocycles. The van der Waals surface area contributed by atoms with Crippen molar-refractivity contribution < 1.29 is 0 Å². The largest absolute Gasteiger partial charge is 0.0891 e. The maximum atomic E-state index is 3.76. The lowest BCUT2D eigenvalue weighted by Gasteiger charge is -2.27. The highest BCUT2D eigenvalue weighted by atomic mass is 79.9. The van der Waals surface area contributed by atoms with Crippen LogP contribution in [0.3, 0.4) is 0 Å². The molecule has 0 atom stereocenters. The fourth-order valence-electron chi connectivity index (χ4n) is 4.20. The van der Waals surface area contributed by atoms with Crippen LogP contribution in [0.15, 0.2) is 0 Å². The quantitative estimate of drug-likeness (QED) is 0.307. The van der Waals surface area contributed by atoms with Gasteiger partial charge in [-0.25, -0.2) is 0 Å². The van der Waals surface area contributed by atoms with Crippen LogP contribution in [-0.4, -0.2) is 13.6 Å². The van der Waals surface area contributed by atoms with Crippen molar-refractivity contribution in [3.63, 3.8) is 0 Å². The second-order valence-electron chi connectivity index (χ2n) is 7.20. The predicted molar refractivity (Wildman–Crippen MR) is 93.1 cm³/mol. The standard InChI is InChI=1S/C17H33BrSi/c1-2-19-13-11-16(12-14-19)6-4-3-5-15-7-9-17(18)10-8-15/h15-17,19H,2-14H2,1H3. The van der Waals surface area contributed by atoms with E-state index in [1.807, 2.05) is 0 Å². The van der Waals surface area contributed by atoms with Gasteiger partial charge in [-0.15, -0.1) is 0 Å². The maximum Gasteiger partial charge on any atom is 0.0365 e. The molecule has 0 aromatic heterocycles. The van der Waals surface area contributed by atoms with Crippen LogP contribution in [0.25, 0.3) is 0 Å². The van der Waals surface area contributed by atoms with E-state index >= 15 is 0 Å². The molecular formula is C17H33BrSi. The third kappa shape index (κ3) is 5.91. The second kappa shape index (κ2) is 8.87. The van der Waals surface area contributed by atoms with E-state index in [2.05, 4.69) is 22.9 Å². The van der Waals surface area contributed by atoms with Crippen LogP contribution in [0.4, 0.5) is 0 Å². The monoisotopic (exact) mass is 344 g/mol. The minimum atomic E-state index is -0.219. The number of hydrogen-bond donors (Lipinski definition) is 0. The maximum absolute atomic E-state index is 3.76. The Morgan fingerprint density at radius 3 is 1.89 bits per heavy atom. The van der Waals surface area contributed by atoms with Gasteiger partial charge < -0.3 is 0 Å². The van der Waals surface area contributed by atoms with E-state index in [0.717, 1.165) is 16.7 Å². The number of hydrogen-bond acceptors (Lipinski definition) is 0. The average Bonchev–Trinajstić information content (AvgIpc) is 2.46. The molecule has 1 saturated heterocycles. The molecule has 0 unspecified atom stereocenters. The second-order valence-corrected chi connectivity index (χ2v) is 12.2. The van der Waals surface area contributed by atoms with Crippen molar-refractivity contribution in [1.29, 1.82) is 0 Å². The molecule has 0 spiro atoms. The van der Waals surface area contributed by atoms with Gasteiger partial charge in [-0.2, -0.15) is 0 Å². The molecule has 2 heteroatoms. The molecule has 0 bridgehead atoms. The molecule has 1 saturated carbocycles.